The molecule has 1 spiro atoms. The van der Waals surface area contributed by atoms with E-state index in [0.717, 1.165) is 23.0 Å². The molecule has 0 saturated carbocycles. The third-order valence-electron chi connectivity index (χ3n) is 8.80. The Labute approximate surface area is 224 Å². The zero-order chi connectivity index (χ0) is 27.8. The third kappa shape index (κ3) is 5.53. The zero-order valence-electron chi connectivity index (χ0n) is 24.0. The number of ketones is 1. The van der Waals surface area contributed by atoms with Crippen molar-refractivity contribution in [2.75, 3.05) is 0 Å². The summed E-state index contributed by atoms with van der Waals surface area (Å²) in [6.45, 7) is 23.2. The van der Waals surface area contributed by atoms with Crippen molar-refractivity contribution >= 4 is 20.4 Å². The smallest absolute Gasteiger partial charge is 0.192 e. The first-order valence-electron chi connectivity index (χ1n) is 13.1. The number of Topliss-reactive ketones (excluding diaryl/α,β-unsaturated/α-hetero) is 1. The average Bonchev–Trinajstić information content (AvgIpc) is 3.18. The molecule has 37 heavy (non-hydrogen) atoms. The fourth-order valence-electron chi connectivity index (χ4n) is 5.26. The highest BCUT2D eigenvalue weighted by atomic mass is 28.4. The van der Waals surface area contributed by atoms with Gasteiger partial charge < -0.3 is 13.9 Å². The second-order valence-electron chi connectivity index (χ2n) is 12.6. The van der Waals surface area contributed by atoms with Gasteiger partial charge in [0.25, 0.3) is 0 Å². The van der Waals surface area contributed by atoms with E-state index in [4.69, 9.17) is 13.9 Å². The van der Waals surface area contributed by atoms with E-state index in [0.29, 0.717) is 12.0 Å². The Morgan fingerprint density at radius 2 is 1.84 bits per heavy atom. The van der Waals surface area contributed by atoms with Crippen LogP contribution in [0.1, 0.15) is 73.2 Å². The van der Waals surface area contributed by atoms with Gasteiger partial charge in [-0.05, 0) is 55.3 Å². The van der Waals surface area contributed by atoms with Gasteiger partial charge >= 0.3 is 0 Å². The molecule has 3 rings (SSSR count). The first-order chi connectivity index (χ1) is 17.1. The number of carbonyl (C=O) groups is 2. The average molecular weight is 525 g/mol. The molecule has 6 heteroatoms. The van der Waals surface area contributed by atoms with Crippen molar-refractivity contribution in [2.24, 2.45) is 5.41 Å². The number of allylic oxidation sites excluding steroid dienone is 2. The molecule has 1 heterocycles. The van der Waals surface area contributed by atoms with Crippen LogP contribution in [-0.4, -0.2) is 38.2 Å². The minimum atomic E-state index is -2.17. The first kappa shape index (κ1) is 29.4. The maximum atomic E-state index is 13.0. The number of aldehydes is 1. The fraction of sp³-hybridized carbons (Fsp3) is 0.548. The quantitative estimate of drug-likeness (QED) is 0.155. The monoisotopic (exact) mass is 524 g/mol. The van der Waals surface area contributed by atoms with Crippen molar-refractivity contribution in [2.45, 2.75) is 104 Å². The Balaban J connectivity index is 2.20. The third-order valence-corrected chi connectivity index (χ3v) is 13.3. The summed E-state index contributed by atoms with van der Waals surface area (Å²) in [4.78, 5) is 24.4. The lowest BCUT2D eigenvalue weighted by Gasteiger charge is -2.54. The predicted molar refractivity (Wildman–Crippen MR) is 151 cm³/mol. The van der Waals surface area contributed by atoms with Crippen molar-refractivity contribution in [1.29, 1.82) is 0 Å². The van der Waals surface area contributed by atoms with Crippen molar-refractivity contribution in [3.05, 3.63) is 71.3 Å². The summed E-state index contributed by atoms with van der Waals surface area (Å²) in [6.07, 6.45) is 3.48. The van der Waals surface area contributed by atoms with Gasteiger partial charge in [0.2, 0.25) is 0 Å². The van der Waals surface area contributed by atoms with E-state index >= 15 is 0 Å². The SMILES string of the molecule is C=C(C)C(=O)CC1=C(C)[C@@H](O[Si](C)(C)C(C)(C)C)C[C@]2(O[C@@H](c3ccccc3)O[C@H]2/C=C/C=O)C1(C)C. The van der Waals surface area contributed by atoms with Gasteiger partial charge in [0.15, 0.2) is 20.4 Å². The Morgan fingerprint density at radius 1 is 1.22 bits per heavy atom. The summed E-state index contributed by atoms with van der Waals surface area (Å²) in [6, 6.07) is 9.84. The standard InChI is InChI=1S/C31H44O5Si/c1-21(2)25(33)19-24-22(3)26(36-37(9,10)29(4,5)6)20-31(30(24,7)8)27(17-14-18-32)34-28(35-31)23-15-12-11-13-16-23/h11-18,26-28H,1,19-20H2,2-10H3/b17-14+/t26-,27-,28-,31+/m0/s1. The molecule has 4 atom stereocenters. The molecule has 0 aromatic heterocycles. The van der Waals surface area contributed by atoms with E-state index in [1.165, 1.54) is 6.08 Å². The Hall–Kier alpha value is -2.12. The van der Waals surface area contributed by atoms with Gasteiger partial charge in [0.1, 0.15) is 18.0 Å². The van der Waals surface area contributed by atoms with Crippen LogP contribution in [0.15, 0.2) is 65.8 Å². The van der Waals surface area contributed by atoms with E-state index in [-0.39, 0.29) is 23.3 Å². The van der Waals surface area contributed by atoms with Gasteiger partial charge in [-0.3, -0.25) is 9.59 Å². The molecule has 0 unspecified atom stereocenters. The molecular weight excluding hydrogens is 480 g/mol. The molecule has 1 aromatic carbocycles. The number of benzene rings is 1. The number of carbonyl (C=O) groups excluding carboxylic acids is 2. The first-order valence-corrected chi connectivity index (χ1v) is 16.0. The van der Waals surface area contributed by atoms with Crippen molar-refractivity contribution in [3.8, 4) is 0 Å². The number of hydrogen-bond donors (Lipinski definition) is 0. The predicted octanol–water partition coefficient (Wildman–Crippen LogP) is 7.27. The molecule has 1 aliphatic carbocycles. The van der Waals surface area contributed by atoms with E-state index < -0.39 is 31.7 Å². The highest BCUT2D eigenvalue weighted by Gasteiger charge is 2.63. The number of rotatable bonds is 8. The van der Waals surface area contributed by atoms with Crippen LogP contribution in [0, 0.1) is 5.41 Å². The van der Waals surface area contributed by atoms with Crippen LogP contribution >= 0.6 is 0 Å². The molecule has 0 N–H and O–H groups in total. The lowest BCUT2D eigenvalue weighted by Crippen LogP contribution is -2.59. The highest BCUT2D eigenvalue weighted by molar-refractivity contribution is 6.74. The Kier molecular flexibility index (Phi) is 8.40. The lowest BCUT2D eigenvalue weighted by atomic mass is 9.58. The van der Waals surface area contributed by atoms with Crippen LogP contribution in [0.25, 0.3) is 0 Å². The number of hydrogen-bond acceptors (Lipinski definition) is 5. The van der Waals surface area contributed by atoms with Crippen LogP contribution in [-0.2, 0) is 23.5 Å². The van der Waals surface area contributed by atoms with Crippen molar-refractivity contribution in [3.63, 3.8) is 0 Å². The topological polar surface area (TPSA) is 61.8 Å². The fourth-order valence-corrected chi connectivity index (χ4v) is 6.59. The van der Waals surface area contributed by atoms with E-state index in [9.17, 15) is 9.59 Å². The molecule has 0 radical (unpaired) electrons. The van der Waals surface area contributed by atoms with Crippen LogP contribution in [0.2, 0.25) is 18.1 Å². The summed E-state index contributed by atoms with van der Waals surface area (Å²) >= 11 is 0. The van der Waals surface area contributed by atoms with Crippen molar-refractivity contribution in [1.82, 2.24) is 0 Å². The summed E-state index contributed by atoms with van der Waals surface area (Å²) in [5.74, 6) is 0.00376. The molecule has 1 fully saturated rings. The maximum absolute atomic E-state index is 13.0. The Bertz CT molecular complexity index is 1090. The van der Waals surface area contributed by atoms with E-state index in [2.05, 4.69) is 61.2 Å². The van der Waals surface area contributed by atoms with Gasteiger partial charge in [0, 0.05) is 23.8 Å². The van der Waals surface area contributed by atoms with Crippen LogP contribution in [0.3, 0.4) is 0 Å². The minimum absolute atomic E-state index is 0.00376. The molecular formula is C31H44O5Si. The van der Waals surface area contributed by atoms with E-state index in [1.54, 1.807) is 13.0 Å². The molecule has 1 aromatic rings. The molecule has 0 bridgehead atoms. The van der Waals surface area contributed by atoms with Gasteiger partial charge in [-0.2, -0.15) is 0 Å². The summed E-state index contributed by atoms with van der Waals surface area (Å²) in [5, 5.41) is 0.0114. The molecule has 0 amide bonds. The summed E-state index contributed by atoms with van der Waals surface area (Å²) < 4.78 is 20.5. The second-order valence-corrected chi connectivity index (χ2v) is 17.3. The van der Waals surface area contributed by atoms with Gasteiger partial charge in [-0.25, -0.2) is 0 Å². The van der Waals surface area contributed by atoms with Crippen LogP contribution < -0.4 is 0 Å². The lowest BCUT2D eigenvalue weighted by molar-refractivity contribution is -0.144. The zero-order valence-corrected chi connectivity index (χ0v) is 25.0. The van der Waals surface area contributed by atoms with E-state index in [1.807, 2.05) is 30.3 Å². The van der Waals surface area contributed by atoms with Gasteiger partial charge in [-0.1, -0.05) is 77.1 Å². The maximum Gasteiger partial charge on any atom is 0.192 e. The normalized spacial score (nSPS) is 28.2. The minimum Gasteiger partial charge on any atom is -0.410 e. The van der Waals surface area contributed by atoms with Gasteiger partial charge in [-0.15, -0.1) is 0 Å². The molecule has 1 aliphatic heterocycles. The highest BCUT2D eigenvalue weighted by Crippen LogP contribution is 2.59. The summed E-state index contributed by atoms with van der Waals surface area (Å²) in [7, 11) is -2.17. The molecule has 202 valence electrons. The molecule has 2 aliphatic rings. The van der Waals surface area contributed by atoms with Crippen LogP contribution in [0.5, 0.6) is 0 Å². The van der Waals surface area contributed by atoms with Gasteiger partial charge in [0.05, 0.1) is 6.10 Å². The number of ether oxygens (including phenoxy) is 2. The molecule has 1 saturated heterocycles. The summed E-state index contributed by atoms with van der Waals surface area (Å²) in [5.41, 5.74) is 2.08. The van der Waals surface area contributed by atoms with Crippen molar-refractivity contribution < 1.29 is 23.5 Å². The molecule has 5 nitrogen and oxygen atoms in total. The second kappa shape index (κ2) is 10.6. The largest absolute Gasteiger partial charge is 0.410 e. The Morgan fingerprint density at radius 3 is 2.38 bits per heavy atom. The van der Waals surface area contributed by atoms with Crippen LogP contribution in [0.4, 0.5) is 0 Å².